The van der Waals surface area contributed by atoms with Crippen molar-refractivity contribution < 1.29 is 23.4 Å². The van der Waals surface area contributed by atoms with Crippen LogP contribution in [0.3, 0.4) is 0 Å². The van der Waals surface area contributed by atoms with Gasteiger partial charge in [0.15, 0.2) is 0 Å². The average molecular weight is 294 g/mol. The smallest absolute Gasteiger partial charge is 0.410 e. The van der Waals surface area contributed by atoms with Crippen LogP contribution >= 0.6 is 0 Å². The second-order valence-electron chi connectivity index (χ2n) is 6.14. The number of aliphatic hydroxyl groups is 1. The van der Waals surface area contributed by atoms with Crippen LogP contribution < -0.4 is 5.32 Å². The Balaban J connectivity index is 2.31. The monoisotopic (exact) mass is 294 g/mol. The molecular weight excluding hydrogens is 270 g/mol. The number of hydrogen-bond acceptors (Lipinski definition) is 4. The maximum Gasteiger partial charge on any atom is 0.410 e. The number of rotatable bonds is 4. The van der Waals surface area contributed by atoms with Crippen LogP contribution in [0.4, 0.5) is 13.6 Å². The zero-order valence-electron chi connectivity index (χ0n) is 12.3. The van der Waals surface area contributed by atoms with Gasteiger partial charge in [0.2, 0.25) is 0 Å². The first-order valence-corrected chi connectivity index (χ1v) is 6.83. The molecule has 118 valence electrons. The molecule has 0 aliphatic carbocycles. The minimum absolute atomic E-state index is 0.0638. The van der Waals surface area contributed by atoms with Gasteiger partial charge >= 0.3 is 6.09 Å². The van der Waals surface area contributed by atoms with Crippen molar-refractivity contribution in [3.05, 3.63) is 0 Å². The fourth-order valence-electron chi connectivity index (χ4n) is 1.94. The zero-order chi connectivity index (χ0) is 15.4. The normalized spacial score (nSPS) is 18.2. The van der Waals surface area contributed by atoms with Gasteiger partial charge in [-0.05, 0) is 33.6 Å². The van der Waals surface area contributed by atoms with Gasteiger partial charge in [0, 0.05) is 19.1 Å². The number of nitrogens with one attached hydrogen (secondary N) is 1. The van der Waals surface area contributed by atoms with Crippen molar-refractivity contribution in [3.8, 4) is 0 Å². The highest BCUT2D eigenvalue weighted by Gasteiger charge is 2.31. The van der Waals surface area contributed by atoms with Gasteiger partial charge in [0.25, 0.3) is 5.92 Å². The number of likely N-dealkylation sites (tertiary alicyclic amines) is 1. The molecule has 0 radical (unpaired) electrons. The molecule has 1 saturated heterocycles. The summed E-state index contributed by atoms with van der Waals surface area (Å²) in [5.74, 6) is -3.09. The van der Waals surface area contributed by atoms with Gasteiger partial charge in [-0.1, -0.05) is 0 Å². The lowest BCUT2D eigenvalue weighted by atomic mass is 10.1. The Morgan fingerprint density at radius 3 is 2.35 bits per heavy atom. The minimum atomic E-state index is -3.09. The first-order chi connectivity index (χ1) is 9.13. The molecule has 1 amide bonds. The number of halogens is 2. The van der Waals surface area contributed by atoms with Gasteiger partial charge < -0.3 is 20.1 Å². The molecule has 5 nitrogen and oxygen atoms in total. The molecule has 0 atom stereocenters. The summed E-state index contributed by atoms with van der Waals surface area (Å²) in [4.78, 5) is 13.4. The summed E-state index contributed by atoms with van der Waals surface area (Å²) >= 11 is 0. The van der Waals surface area contributed by atoms with E-state index in [1.807, 2.05) is 0 Å². The third kappa shape index (κ3) is 6.00. The molecule has 2 N–H and O–H groups in total. The van der Waals surface area contributed by atoms with Crippen molar-refractivity contribution in [3.63, 3.8) is 0 Å². The average Bonchev–Trinajstić information content (AvgIpc) is 2.35. The fourth-order valence-corrected chi connectivity index (χ4v) is 1.94. The van der Waals surface area contributed by atoms with Crippen molar-refractivity contribution in [2.24, 2.45) is 0 Å². The summed E-state index contributed by atoms with van der Waals surface area (Å²) in [6.07, 6.45) is 0.832. The Hall–Kier alpha value is -0.950. The first-order valence-electron chi connectivity index (χ1n) is 6.83. The van der Waals surface area contributed by atoms with Crippen LogP contribution in [0, 0.1) is 0 Å². The number of carbonyl (C=O) groups is 1. The van der Waals surface area contributed by atoms with E-state index in [1.54, 1.807) is 25.7 Å². The highest BCUT2D eigenvalue weighted by atomic mass is 19.3. The maximum absolute atomic E-state index is 12.9. The van der Waals surface area contributed by atoms with Crippen molar-refractivity contribution in [2.45, 2.75) is 51.2 Å². The predicted molar refractivity (Wildman–Crippen MR) is 70.9 cm³/mol. The number of hydrogen-bond donors (Lipinski definition) is 2. The predicted octanol–water partition coefficient (Wildman–Crippen LogP) is 1.60. The van der Waals surface area contributed by atoms with Crippen molar-refractivity contribution in [1.29, 1.82) is 0 Å². The lowest BCUT2D eigenvalue weighted by Gasteiger charge is -2.34. The van der Waals surface area contributed by atoms with E-state index in [0.717, 1.165) is 0 Å². The second-order valence-corrected chi connectivity index (χ2v) is 6.14. The molecule has 1 heterocycles. The molecule has 20 heavy (non-hydrogen) atoms. The summed E-state index contributed by atoms with van der Waals surface area (Å²) in [5.41, 5.74) is -0.532. The SMILES string of the molecule is CC(C)(C)OC(=O)N1CCC(NCC(F)(F)CO)CC1. The third-order valence-electron chi connectivity index (χ3n) is 3.03. The number of nitrogens with zero attached hydrogens (tertiary/aromatic N) is 1. The summed E-state index contributed by atoms with van der Waals surface area (Å²) in [6, 6.07) is -0.0638. The Morgan fingerprint density at radius 2 is 1.90 bits per heavy atom. The summed E-state index contributed by atoms with van der Waals surface area (Å²) < 4.78 is 31.1. The number of aliphatic hydroxyl groups excluding tert-OH is 1. The Bertz CT molecular complexity index is 324. The van der Waals surface area contributed by atoms with Crippen LogP contribution in [0.15, 0.2) is 0 Å². The van der Waals surface area contributed by atoms with Gasteiger partial charge in [-0.25, -0.2) is 13.6 Å². The van der Waals surface area contributed by atoms with Gasteiger partial charge in [-0.15, -0.1) is 0 Å². The molecule has 1 fully saturated rings. The number of alkyl halides is 2. The molecule has 0 aromatic rings. The Morgan fingerprint density at radius 1 is 1.35 bits per heavy atom. The van der Waals surface area contributed by atoms with Crippen LogP contribution in [0.2, 0.25) is 0 Å². The number of amides is 1. The van der Waals surface area contributed by atoms with Crippen LogP contribution in [0.1, 0.15) is 33.6 Å². The van der Waals surface area contributed by atoms with E-state index in [-0.39, 0.29) is 12.1 Å². The molecule has 1 aliphatic rings. The highest BCUT2D eigenvalue weighted by molar-refractivity contribution is 5.68. The van der Waals surface area contributed by atoms with E-state index >= 15 is 0 Å². The van der Waals surface area contributed by atoms with Gasteiger partial charge in [-0.2, -0.15) is 0 Å². The van der Waals surface area contributed by atoms with Gasteiger partial charge in [-0.3, -0.25) is 0 Å². The van der Waals surface area contributed by atoms with E-state index in [0.29, 0.717) is 25.9 Å². The second kappa shape index (κ2) is 6.67. The minimum Gasteiger partial charge on any atom is -0.444 e. The largest absolute Gasteiger partial charge is 0.444 e. The molecule has 0 aromatic carbocycles. The standard InChI is InChI=1S/C13H24F2N2O3/c1-12(2,3)20-11(19)17-6-4-10(5-7-17)16-8-13(14,15)9-18/h10,16,18H,4-9H2,1-3H3. The fraction of sp³-hybridized carbons (Fsp3) is 0.923. The van der Waals surface area contributed by atoms with Crippen molar-refractivity contribution >= 4 is 6.09 Å². The molecule has 0 saturated carbocycles. The number of carbonyl (C=O) groups excluding carboxylic acids is 1. The lowest BCUT2D eigenvalue weighted by molar-refractivity contribution is -0.0506. The number of ether oxygens (including phenoxy) is 1. The third-order valence-corrected chi connectivity index (χ3v) is 3.03. The topological polar surface area (TPSA) is 61.8 Å². The van der Waals surface area contributed by atoms with Gasteiger partial charge in [0.05, 0.1) is 6.54 Å². The molecule has 0 unspecified atom stereocenters. The zero-order valence-corrected chi connectivity index (χ0v) is 12.3. The Kier molecular flexibility index (Phi) is 5.70. The Labute approximate surface area is 118 Å². The van der Waals surface area contributed by atoms with E-state index in [4.69, 9.17) is 9.84 Å². The highest BCUT2D eigenvalue weighted by Crippen LogP contribution is 2.17. The van der Waals surface area contributed by atoms with E-state index in [9.17, 15) is 13.6 Å². The molecule has 0 spiro atoms. The van der Waals surface area contributed by atoms with Crippen molar-refractivity contribution in [1.82, 2.24) is 10.2 Å². The molecule has 0 bridgehead atoms. The molecule has 1 rings (SSSR count). The van der Waals surface area contributed by atoms with Crippen LogP contribution in [-0.4, -0.2) is 59.9 Å². The molecule has 0 aromatic heterocycles. The quantitative estimate of drug-likeness (QED) is 0.827. The maximum atomic E-state index is 12.9. The first kappa shape index (κ1) is 17.1. The lowest BCUT2D eigenvalue weighted by Crippen LogP contribution is -2.49. The summed E-state index contributed by atoms with van der Waals surface area (Å²) in [7, 11) is 0. The molecule has 1 aliphatic heterocycles. The van der Waals surface area contributed by atoms with E-state index < -0.39 is 24.7 Å². The van der Waals surface area contributed by atoms with Gasteiger partial charge in [0.1, 0.15) is 12.2 Å². The van der Waals surface area contributed by atoms with E-state index in [2.05, 4.69) is 5.32 Å². The summed E-state index contributed by atoms with van der Waals surface area (Å²) in [5, 5.41) is 11.2. The van der Waals surface area contributed by atoms with E-state index in [1.165, 1.54) is 0 Å². The summed E-state index contributed by atoms with van der Waals surface area (Å²) in [6.45, 7) is 4.68. The van der Waals surface area contributed by atoms with Crippen LogP contribution in [0.5, 0.6) is 0 Å². The van der Waals surface area contributed by atoms with Crippen molar-refractivity contribution in [2.75, 3.05) is 26.2 Å². The van der Waals surface area contributed by atoms with Crippen LogP contribution in [0.25, 0.3) is 0 Å². The molecule has 7 heteroatoms. The van der Waals surface area contributed by atoms with Crippen LogP contribution in [-0.2, 0) is 4.74 Å². The number of piperidine rings is 1. The molecular formula is C13H24F2N2O3.